The number of benzene rings is 3. The molecule has 0 aliphatic rings. The Balaban J connectivity index is 1.54. The first kappa shape index (κ1) is 30.1. The summed E-state index contributed by atoms with van der Waals surface area (Å²) in [7, 11) is 0. The molecule has 0 saturated carbocycles. The predicted octanol–water partition coefficient (Wildman–Crippen LogP) is 5.10. The third kappa shape index (κ3) is 8.08. The Hall–Kier alpha value is -3.89. The van der Waals surface area contributed by atoms with Crippen molar-refractivity contribution in [3.8, 4) is 0 Å². The van der Waals surface area contributed by atoms with Crippen LogP contribution >= 0.6 is 11.3 Å². The van der Waals surface area contributed by atoms with Gasteiger partial charge in [0.05, 0.1) is 24.0 Å². The standard InChI is InChI=1S/C32H36N4O4S/c1-20-12-13-24(14-21(20)2)16-33-35-31(40)29-27-10-5-6-11-28(27)41-32(29)34-30(39)26-9-7-8-25(15-26)19-36(17-22(3)37)18-23(4)38/h5-16,22-23,37-38H,17-19H2,1-4H3,(H,34,39)(H,35,40). The molecule has 0 bridgehead atoms. The second-order valence-electron chi connectivity index (χ2n) is 10.4. The highest BCUT2D eigenvalue weighted by Crippen LogP contribution is 2.36. The van der Waals surface area contributed by atoms with Crippen LogP contribution in [0.5, 0.6) is 0 Å². The van der Waals surface area contributed by atoms with Crippen molar-refractivity contribution in [2.75, 3.05) is 18.4 Å². The van der Waals surface area contributed by atoms with E-state index in [1.807, 2.05) is 67.3 Å². The fraction of sp³-hybridized carbons (Fsp3) is 0.281. The Morgan fingerprint density at radius 2 is 1.66 bits per heavy atom. The number of aliphatic hydroxyl groups excluding tert-OH is 2. The zero-order valence-electron chi connectivity index (χ0n) is 23.7. The first-order valence-electron chi connectivity index (χ1n) is 13.5. The van der Waals surface area contributed by atoms with Crippen LogP contribution in [0.3, 0.4) is 0 Å². The van der Waals surface area contributed by atoms with Gasteiger partial charge in [0.25, 0.3) is 11.8 Å². The number of aryl methyl sites for hydroxylation is 2. The summed E-state index contributed by atoms with van der Waals surface area (Å²) in [5.41, 5.74) is 7.46. The zero-order valence-corrected chi connectivity index (χ0v) is 24.5. The molecule has 2 amide bonds. The second-order valence-corrected chi connectivity index (χ2v) is 11.4. The minimum atomic E-state index is -0.553. The lowest BCUT2D eigenvalue weighted by Crippen LogP contribution is -2.35. The molecule has 214 valence electrons. The number of hydrogen-bond acceptors (Lipinski definition) is 7. The van der Waals surface area contributed by atoms with Gasteiger partial charge in [-0.25, -0.2) is 5.43 Å². The number of hydrazone groups is 1. The van der Waals surface area contributed by atoms with Crippen LogP contribution in [0.1, 0.15) is 56.8 Å². The highest BCUT2D eigenvalue weighted by atomic mass is 32.1. The normalized spacial score (nSPS) is 13.0. The van der Waals surface area contributed by atoms with Gasteiger partial charge in [-0.05, 0) is 68.1 Å². The first-order chi connectivity index (χ1) is 19.6. The van der Waals surface area contributed by atoms with Gasteiger partial charge in [-0.1, -0.05) is 48.5 Å². The topological polar surface area (TPSA) is 114 Å². The third-order valence-corrected chi connectivity index (χ3v) is 7.69. The fourth-order valence-corrected chi connectivity index (χ4v) is 5.72. The maximum atomic E-state index is 13.4. The molecule has 41 heavy (non-hydrogen) atoms. The summed E-state index contributed by atoms with van der Waals surface area (Å²) < 4.78 is 0.867. The molecule has 0 aliphatic carbocycles. The minimum absolute atomic E-state index is 0.344. The maximum absolute atomic E-state index is 13.4. The van der Waals surface area contributed by atoms with Crippen molar-refractivity contribution in [2.24, 2.45) is 5.10 Å². The van der Waals surface area contributed by atoms with Crippen molar-refractivity contribution in [1.82, 2.24) is 10.3 Å². The molecule has 4 rings (SSSR count). The van der Waals surface area contributed by atoms with Gasteiger partial charge < -0.3 is 15.5 Å². The lowest BCUT2D eigenvalue weighted by atomic mass is 10.1. The molecule has 3 aromatic carbocycles. The van der Waals surface area contributed by atoms with Crippen molar-refractivity contribution in [3.63, 3.8) is 0 Å². The van der Waals surface area contributed by atoms with E-state index < -0.39 is 18.1 Å². The number of hydrogen-bond donors (Lipinski definition) is 4. The lowest BCUT2D eigenvalue weighted by Gasteiger charge is -2.25. The summed E-state index contributed by atoms with van der Waals surface area (Å²) in [6.45, 7) is 8.72. The number of fused-ring (bicyclic) bond motifs is 1. The van der Waals surface area contributed by atoms with E-state index in [-0.39, 0.29) is 5.91 Å². The van der Waals surface area contributed by atoms with Crippen LogP contribution in [0.25, 0.3) is 10.1 Å². The molecule has 0 saturated heterocycles. The monoisotopic (exact) mass is 572 g/mol. The van der Waals surface area contributed by atoms with Crippen molar-refractivity contribution in [2.45, 2.75) is 46.4 Å². The van der Waals surface area contributed by atoms with E-state index in [1.54, 1.807) is 38.3 Å². The SMILES string of the molecule is Cc1ccc(C=NNC(=O)c2c(NC(=O)c3cccc(CN(CC(C)O)CC(C)O)c3)sc3ccccc23)cc1C. The number of anilines is 1. The molecule has 2 unspecified atom stereocenters. The van der Waals surface area contributed by atoms with Gasteiger partial charge in [0.1, 0.15) is 5.00 Å². The van der Waals surface area contributed by atoms with Crippen LogP contribution in [0.2, 0.25) is 0 Å². The largest absolute Gasteiger partial charge is 0.392 e. The summed E-state index contributed by atoms with van der Waals surface area (Å²) in [6, 6.07) is 20.6. The van der Waals surface area contributed by atoms with Gasteiger partial charge in [0, 0.05) is 35.3 Å². The van der Waals surface area contributed by atoms with E-state index in [9.17, 15) is 19.8 Å². The van der Waals surface area contributed by atoms with Gasteiger partial charge in [0.15, 0.2) is 0 Å². The molecule has 8 nitrogen and oxygen atoms in total. The number of thiophene rings is 1. The van der Waals surface area contributed by atoms with E-state index in [0.717, 1.165) is 26.8 Å². The molecule has 1 aromatic heterocycles. The highest BCUT2D eigenvalue weighted by molar-refractivity contribution is 7.23. The Bertz CT molecular complexity index is 1550. The van der Waals surface area contributed by atoms with Gasteiger partial charge in [-0.15, -0.1) is 11.3 Å². The number of aliphatic hydroxyl groups is 2. The molecule has 0 aliphatic heterocycles. The summed E-state index contributed by atoms with van der Waals surface area (Å²) >= 11 is 1.33. The first-order valence-corrected chi connectivity index (χ1v) is 14.3. The van der Waals surface area contributed by atoms with Crippen molar-refractivity contribution in [1.29, 1.82) is 0 Å². The number of amides is 2. The number of carbonyl (C=O) groups excluding carboxylic acids is 2. The molecule has 9 heteroatoms. The summed E-state index contributed by atoms with van der Waals surface area (Å²) in [4.78, 5) is 28.6. The van der Waals surface area contributed by atoms with Crippen LogP contribution in [0.4, 0.5) is 5.00 Å². The summed E-state index contributed by atoms with van der Waals surface area (Å²) in [6.07, 6.45) is 0.493. The summed E-state index contributed by atoms with van der Waals surface area (Å²) in [5, 5.41) is 28.0. The average Bonchev–Trinajstić information content (AvgIpc) is 3.28. The maximum Gasteiger partial charge on any atom is 0.275 e. The molecule has 4 N–H and O–H groups in total. The minimum Gasteiger partial charge on any atom is -0.392 e. The molecular weight excluding hydrogens is 536 g/mol. The smallest absolute Gasteiger partial charge is 0.275 e. The van der Waals surface area contributed by atoms with Crippen LogP contribution in [0.15, 0.2) is 71.8 Å². The Kier molecular flexibility index (Phi) is 10.0. The van der Waals surface area contributed by atoms with Crippen LogP contribution < -0.4 is 10.7 Å². The van der Waals surface area contributed by atoms with E-state index in [0.29, 0.717) is 35.8 Å². The molecule has 2 atom stereocenters. The molecule has 0 spiro atoms. The molecule has 4 aromatic rings. The van der Waals surface area contributed by atoms with Crippen molar-refractivity contribution in [3.05, 3.63) is 100 Å². The fourth-order valence-electron chi connectivity index (χ4n) is 4.62. The van der Waals surface area contributed by atoms with E-state index in [1.165, 1.54) is 16.9 Å². The van der Waals surface area contributed by atoms with Crippen LogP contribution in [0, 0.1) is 13.8 Å². The highest BCUT2D eigenvalue weighted by Gasteiger charge is 2.21. The van der Waals surface area contributed by atoms with Gasteiger partial charge in [-0.3, -0.25) is 14.5 Å². The number of nitrogens with zero attached hydrogens (tertiary/aromatic N) is 2. The Morgan fingerprint density at radius 3 is 2.37 bits per heavy atom. The Morgan fingerprint density at radius 1 is 0.927 bits per heavy atom. The number of rotatable bonds is 11. The predicted molar refractivity (Wildman–Crippen MR) is 166 cm³/mol. The zero-order chi connectivity index (χ0) is 29.5. The number of carbonyl (C=O) groups is 2. The quantitative estimate of drug-likeness (QED) is 0.148. The van der Waals surface area contributed by atoms with E-state index in [4.69, 9.17) is 0 Å². The molecular formula is C32H36N4O4S. The van der Waals surface area contributed by atoms with Gasteiger partial charge in [0.2, 0.25) is 0 Å². The van der Waals surface area contributed by atoms with E-state index in [2.05, 4.69) is 15.8 Å². The van der Waals surface area contributed by atoms with Gasteiger partial charge >= 0.3 is 0 Å². The van der Waals surface area contributed by atoms with Crippen molar-refractivity contribution >= 4 is 44.5 Å². The number of nitrogens with one attached hydrogen (secondary N) is 2. The average molecular weight is 573 g/mol. The Labute approximate surface area is 244 Å². The molecule has 0 radical (unpaired) electrons. The van der Waals surface area contributed by atoms with E-state index >= 15 is 0 Å². The van der Waals surface area contributed by atoms with Crippen LogP contribution in [-0.2, 0) is 6.54 Å². The molecule has 0 fully saturated rings. The third-order valence-electron chi connectivity index (χ3n) is 6.60. The van der Waals surface area contributed by atoms with Crippen molar-refractivity contribution < 1.29 is 19.8 Å². The molecule has 1 heterocycles. The lowest BCUT2D eigenvalue weighted by molar-refractivity contribution is 0.0793. The van der Waals surface area contributed by atoms with Crippen LogP contribution in [-0.4, -0.2) is 58.4 Å². The summed E-state index contributed by atoms with van der Waals surface area (Å²) in [5.74, 6) is -0.762. The van der Waals surface area contributed by atoms with Gasteiger partial charge in [-0.2, -0.15) is 5.10 Å². The second kappa shape index (κ2) is 13.6.